The van der Waals surface area contributed by atoms with Gasteiger partial charge in [0, 0.05) is 13.1 Å². The molecule has 1 saturated heterocycles. The molecule has 1 atom stereocenters. The van der Waals surface area contributed by atoms with E-state index in [9.17, 15) is 0 Å². The maximum atomic E-state index is 5.08. The first kappa shape index (κ1) is 13.1. The largest absolute Gasteiger partial charge is 0.494 e. The van der Waals surface area contributed by atoms with Crippen molar-refractivity contribution in [2.24, 2.45) is 5.92 Å². The topological polar surface area (TPSA) is 50.3 Å². The molecule has 2 heterocycles. The number of nitrogens with one attached hydrogen (secondary N) is 1. The van der Waals surface area contributed by atoms with Crippen molar-refractivity contribution < 1.29 is 4.74 Å². The summed E-state index contributed by atoms with van der Waals surface area (Å²) in [5.74, 6) is 2.20. The highest BCUT2D eigenvalue weighted by atomic mass is 16.5. The summed E-state index contributed by atoms with van der Waals surface area (Å²) in [6, 6.07) is 0. The Bertz CT molecular complexity index is 349. The Labute approximate surface area is 109 Å². The molecule has 2 rings (SSSR count). The van der Waals surface area contributed by atoms with Crippen molar-refractivity contribution in [2.45, 2.75) is 19.8 Å². The zero-order valence-electron chi connectivity index (χ0n) is 11.2. The number of hydrogen-bond acceptors (Lipinski definition) is 5. The Morgan fingerprint density at radius 3 is 2.78 bits per heavy atom. The second kappa shape index (κ2) is 6.54. The van der Waals surface area contributed by atoms with Crippen LogP contribution in [0.25, 0.3) is 0 Å². The van der Waals surface area contributed by atoms with Crippen molar-refractivity contribution in [2.75, 3.05) is 38.2 Å². The van der Waals surface area contributed by atoms with Gasteiger partial charge in [0.1, 0.15) is 0 Å². The van der Waals surface area contributed by atoms with Gasteiger partial charge >= 0.3 is 0 Å². The molecule has 0 aliphatic carbocycles. The van der Waals surface area contributed by atoms with E-state index in [0.29, 0.717) is 11.7 Å². The van der Waals surface area contributed by atoms with Crippen LogP contribution in [0.3, 0.4) is 0 Å². The van der Waals surface area contributed by atoms with E-state index < -0.39 is 0 Å². The average Bonchev–Trinajstić information content (AvgIpc) is 2.46. The van der Waals surface area contributed by atoms with Crippen LogP contribution in [0.15, 0.2) is 12.4 Å². The lowest BCUT2D eigenvalue weighted by Gasteiger charge is -2.29. The Balaban J connectivity index is 1.97. The van der Waals surface area contributed by atoms with Crippen LogP contribution in [0.5, 0.6) is 5.75 Å². The monoisotopic (exact) mass is 250 g/mol. The van der Waals surface area contributed by atoms with Crippen LogP contribution in [0, 0.1) is 5.92 Å². The van der Waals surface area contributed by atoms with Gasteiger partial charge in [-0.2, -0.15) is 0 Å². The second-order valence-electron chi connectivity index (χ2n) is 4.67. The number of ether oxygens (including phenoxy) is 1. The predicted molar refractivity (Wildman–Crippen MR) is 72.1 cm³/mol. The highest BCUT2D eigenvalue weighted by molar-refractivity contribution is 5.31. The first-order valence-corrected chi connectivity index (χ1v) is 6.65. The predicted octanol–water partition coefficient (Wildman–Crippen LogP) is 1.31. The smallest absolute Gasteiger partial charge is 0.225 e. The molecule has 1 aromatic heterocycles. The number of piperidine rings is 1. The Kier molecular flexibility index (Phi) is 4.75. The maximum absolute atomic E-state index is 5.08. The van der Waals surface area contributed by atoms with E-state index in [-0.39, 0.29) is 0 Å². The van der Waals surface area contributed by atoms with Crippen LogP contribution in [-0.2, 0) is 0 Å². The molecule has 1 aliphatic heterocycles. The number of nitrogens with zero attached hydrogens (tertiary/aromatic N) is 3. The molecular weight excluding hydrogens is 228 g/mol. The lowest BCUT2D eigenvalue weighted by Crippen LogP contribution is -2.38. The van der Waals surface area contributed by atoms with Crippen molar-refractivity contribution in [1.29, 1.82) is 0 Å². The summed E-state index contributed by atoms with van der Waals surface area (Å²) in [5.41, 5.74) is 0. The van der Waals surface area contributed by atoms with E-state index in [1.54, 1.807) is 19.5 Å². The second-order valence-corrected chi connectivity index (χ2v) is 4.67. The third-order valence-electron chi connectivity index (χ3n) is 3.39. The van der Waals surface area contributed by atoms with Gasteiger partial charge < -0.3 is 15.0 Å². The van der Waals surface area contributed by atoms with Crippen LogP contribution in [0.1, 0.15) is 19.8 Å². The van der Waals surface area contributed by atoms with Gasteiger partial charge in [0.05, 0.1) is 19.5 Å². The van der Waals surface area contributed by atoms with Gasteiger partial charge in [0.15, 0.2) is 5.75 Å². The van der Waals surface area contributed by atoms with Gasteiger partial charge in [-0.25, -0.2) is 9.97 Å². The number of aromatic nitrogens is 2. The Morgan fingerprint density at radius 2 is 2.22 bits per heavy atom. The zero-order chi connectivity index (χ0) is 12.8. The third-order valence-corrected chi connectivity index (χ3v) is 3.39. The number of methoxy groups -OCH3 is 1. The quantitative estimate of drug-likeness (QED) is 0.854. The van der Waals surface area contributed by atoms with Crippen LogP contribution >= 0.6 is 0 Å². The van der Waals surface area contributed by atoms with Crippen LogP contribution in [0.4, 0.5) is 5.95 Å². The number of rotatable bonds is 5. The summed E-state index contributed by atoms with van der Waals surface area (Å²) in [6.45, 7) is 6.36. The van der Waals surface area contributed by atoms with Crippen molar-refractivity contribution in [1.82, 2.24) is 15.3 Å². The van der Waals surface area contributed by atoms with E-state index in [1.165, 1.54) is 12.8 Å². The molecule has 100 valence electrons. The fourth-order valence-corrected chi connectivity index (χ4v) is 2.32. The van der Waals surface area contributed by atoms with Crippen molar-refractivity contribution in [3.63, 3.8) is 0 Å². The summed E-state index contributed by atoms with van der Waals surface area (Å²) in [5, 5.41) is 3.45. The lowest BCUT2D eigenvalue weighted by molar-refractivity contribution is 0.376. The highest BCUT2D eigenvalue weighted by Crippen LogP contribution is 2.16. The summed E-state index contributed by atoms with van der Waals surface area (Å²) < 4.78 is 5.08. The molecule has 18 heavy (non-hydrogen) atoms. The van der Waals surface area contributed by atoms with E-state index in [0.717, 1.165) is 32.1 Å². The molecule has 1 N–H and O–H groups in total. The van der Waals surface area contributed by atoms with Gasteiger partial charge in [-0.3, -0.25) is 0 Å². The van der Waals surface area contributed by atoms with Crippen molar-refractivity contribution in [3.05, 3.63) is 12.4 Å². The maximum Gasteiger partial charge on any atom is 0.225 e. The normalized spacial score (nSPS) is 19.6. The molecule has 1 aliphatic rings. The first-order valence-electron chi connectivity index (χ1n) is 6.65. The van der Waals surface area contributed by atoms with Gasteiger partial charge in [0.25, 0.3) is 0 Å². The van der Waals surface area contributed by atoms with E-state index in [1.807, 2.05) is 0 Å². The van der Waals surface area contributed by atoms with E-state index >= 15 is 0 Å². The van der Waals surface area contributed by atoms with Crippen molar-refractivity contribution >= 4 is 5.95 Å². The summed E-state index contributed by atoms with van der Waals surface area (Å²) in [4.78, 5) is 10.9. The minimum atomic E-state index is 0.699. The fraction of sp³-hybridized carbons (Fsp3) is 0.692. The summed E-state index contributed by atoms with van der Waals surface area (Å²) in [7, 11) is 1.63. The fourth-order valence-electron chi connectivity index (χ4n) is 2.32. The molecule has 1 unspecified atom stereocenters. The Hall–Kier alpha value is -1.36. The van der Waals surface area contributed by atoms with Crippen molar-refractivity contribution in [3.8, 4) is 5.75 Å². The lowest BCUT2D eigenvalue weighted by atomic mass is 9.99. The molecule has 0 saturated carbocycles. The molecule has 1 aromatic rings. The SMILES string of the molecule is CCN(CC1CCCNC1)c1ncc(OC)cn1. The van der Waals surface area contributed by atoms with Crippen LogP contribution in [0.2, 0.25) is 0 Å². The minimum Gasteiger partial charge on any atom is -0.494 e. The van der Waals surface area contributed by atoms with Gasteiger partial charge in [-0.15, -0.1) is 0 Å². The third kappa shape index (κ3) is 3.32. The number of hydrogen-bond donors (Lipinski definition) is 1. The molecule has 0 radical (unpaired) electrons. The van der Waals surface area contributed by atoms with E-state index in [4.69, 9.17) is 4.74 Å². The molecule has 0 bridgehead atoms. The zero-order valence-corrected chi connectivity index (χ0v) is 11.2. The van der Waals surface area contributed by atoms with Gasteiger partial charge in [-0.05, 0) is 38.8 Å². The van der Waals surface area contributed by atoms with Gasteiger partial charge in [-0.1, -0.05) is 0 Å². The molecule has 1 fully saturated rings. The first-order chi connectivity index (χ1) is 8.83. The molecule has 0 aromatic carbocycles. The van der Waals surface area contributed by atoms with Gasteiger partial charge in [0.2, 0.25) is 5.95 Å². The molecular formula is C13H22N4O. The summed E-state index contributed by atoms with van der Waals surface area (Å²) in [6.07, 6.45) is 6.01. The van der Waals surface area contributed by atoms with Crippen LogP contribution < -0.4 is 15.0 Å². The Morgan fingerprint density at radius 1 is 1.44 bits per heavy atom. The standard InChI is InChI=1S/C13H22N4O/c1-3-17(10-11-5-4-6-14-7-11)13-15-8-12(18-2)9-16-13/h8-9,11,14H,3-7,10H2,1-2H3. The summed E-state index contributed by atoms with van der Waals surface area (Å²) >= 11 is 0. The minimum absolute atomic E-state index is 0.699. The van der Waals surface area contributed by atoms with E-state index in [2.05, 4.69) is 27.1 Å². The van der Waals surface area contributed by atoms with Crippen LogP contribution in [-0.4, -0.2) is 43.3 Å². The highest BCUT2D eigenvalue weighted by Gasteiger charge is 2.17. The molecule has 0 amide bonds. The molecule has 0 spiro atoms. The molecule has 5 nitrogen and oxygen atoms in total. The molecule has 5 heteroatoms. The average molecular weight is 250 g/mol. The number of anilines is 1.